The van der Waals surface area contributed by atoms with Crippen LogP contribution < -0.4 is 5.56 Å². The Kier molecular flexibility index (Phi) is 5.46. The molecule has 0 atom stereocenters. The van der Waals surface area contributed by atoms with E-state index in [0.29, 0.717) is 23.7 Å². The van der Waals surface area contributed by atoms with Crippen LogP contribution in [0, 0.1) is 5.92 Å². The van der Waals surface area contributed by atoms with Gasteiger partial charge in [0.25, 0.3) is 5.56 Å². The Morgan fingerprint density at radius 3 is 2.42 bits per heavy atom. The summed E-state index contributed by atoms with van der Waals surface area (Å²) in [5, 5.41) is 3.99. The molecule has 0 aliphatic carbocycles. The van der Waals surface area contributed by atoms with Crippen molar-refractivity contribution in [1.29, 1.82) is 0 Å². The van der Waals surface area contributed by atoms with E-state index in [1.54, 1.807) is 15.6 Å². The van der Waals surface area contributed by atoms with Crippen molar-refractivity contribution in [1.82, 2.24) is 19.4 Å². The lowest BCUT2D eigenvalue weighted by molar-refractivity contribution is -0.605. The van der Waals surface area contributed by atoms with E-state index in [2.05, 4.69) is 43.7 Å². The van der Waals surface area contributed by atoms with Gasteiger partial charge in [0.05, 0.1) is 13.3 Å². The number of pyridine rings is 1. The SMILES string of the molecule is C=[N+](c1c(-c2cccc3ccccc23)c(=O)n(CC(C)C)n1-c1ccccn1)N(C)C. The van der Waals surface area contributed by atoms with Gasteiger partial charge in [0.2, 0.25) is 5.82 Å². The molecule has 0 saturated heterocycles. The molecule has 0 fully saturated rings. The molecule has 0 saturated carbocycles. The van der Waals surface area contributed by atoms with Gasteiger partial charge in [-0.2, -0.15) is 4.68 Å². The van der Waals surface area contributed by atoms with Crippen molar-refractivity contribution in [2.24, 2.45) is 5.92 Å². The second-order valence-corrected chi connectivity index (χ2v) is 8.25. The molecule has 2 aromatic heterocycles. The normalized spacial score (nSPS) is 11.3. The van der Waals surface area contributed by atoms with Gasteiger partial charge >= 0.3 is 5.82 Å². The number of nitrogens with zero attached hydrogens (tertiary/aromatic N) is 5. The summed E-state index contributed by atoms with van der Waals surface area (Å²) >= 11 is 0. The number of hydrogen-bond acceptors (Lipinski definition) is 3. The van der Waals surface area contributed by atoms with Crippen LogP contribution in [0.3, 0.4) is 0 Å². The zero-order valence-electron chi connectivity index (χ0n) is 18.5. The summed E-state index contributed by atoms with van der Waals surface area (Å²) in [6, 6.07) is 19.9. The first-order valence-corrected chi connectivity index (χ1v) is 10.4. The molecule has 6 nitrogen and oxygen atoms in total. The minimum Gasteiger partial charge on any atom is -0.265 e. The second-order valence-electron chi connectivity index (χ2n) is 8.25. The van der Waals surface area contributed by atoms with Gasteiger partial charge in [-0.15, -0.1) is 4.68 Å². The topological polar surface area (TPSA) is 46.1 Å². The van der Waals surface area contributed by atoms with Crippen LogP contribution in [0.25, 0.3) is 27.7 Å². The van der Waals surface area contributed by atoms with Gasteiger partial charge in [-0.05, 0) is 22.8 Å². The molecule has 158 valence electrons. The number of rotatable bonds is 6. The Hall–Kier alpha value is -3.67. The van der Waals surface area contributed by atoms with Crippen LogP contribution in [-0.4, -0.2) is 44.9 Å². The van der Waals surface area contributed by atoms with E-state index in [1.807, 2.05) is 66.3 Å². The molecule has 2 heterocycles. The van der Waals surface area contributed by atoms with E-state index >= 15 is 0 Å². The van der Waals surface area contributed by atoms with Crippen molar-refractivity contribution in [3.8, 4) is 16.9 Å². The van der Waals surface area contributed by atoms with Gasteiger partial charge in [0.1, 0.15) is 5.56 Å². The van der Waals surface area contributed by atoms with E-state index in [1.165, 1.54) is 0 Å². The van der Waals surface area contributed by atoms with Crippen molar-refractivity contribution in [2.45, 2.75) is 20.4 Å². The van der Waals surface area contributed by atoms with E-state index in [-0.39, 0.29) is 11.5 Å². The summed E-state index contributed by atoms with van der Waals surface area (Å²) in [4.78, 5) is 18.5. The molecular formula is C25H28N5O+. The Bertz CT molecular complexity index is 1290. The molecule has 0 unspecified atom stereocenters. The summed E-state index contributed by atoms with van der Waals surface area (Å²) in [5.41, 5.74) is 1.45. The van der Waals surface area contributed by atoms with Crippen molar-refractivity contribution in [3.63, 3.8) is 0 Å². The summed E-state index contributed by atoms with van der Waals surface area (Å²) in [7, 11) is 3.82. The third-order valence-corrected chi connectivity index (χ3v) is 5.30. The summed E-state index contributed by atoms with van der Waals surface area (Å²) in [6.45, 7) is 9.03. The van der Waals surface area contributed by atoms with Crippen LogP contribution in [-0.2, 0) is 6.54 Å². The van der Waals surface area contributed by atoms with Crippen LogP contribution in [0.1, 0.15) is 13.8 Å². The third-order valence-electron chi connectivity index (χ3n) is 5.30. The molecule has 0 radical (unpaired) electrons. The lowest BCUT2D eigenvalue weighted by Crippen LogP contribution is -2.27. The fraction of sp³-hybridized carbons (Fsp3) is 0.240. The molecule has 0 aliphatic rings. The Balaban J connectivity index is 2.16. The van der Waals surface area contributed by atoms with E-state index < -0.39 is 0 Å². The molecule has 0 bridgehead atoms. The van der Waals surface area contributed by atoms with Crippen molar-refractivity contribution in [3.05, 3.63) is 77.2 Å². The quantitative estimate of drug-likeness (QED) is 0.268. The van der Waals surface area contributed by atoms with Crippen LogP contribution in [0.2, 0.25) is 0 Å². The van der Waals surface area contributed by atoms with E-state index in [0.717, 1.165) is 16.3 Å². The van der Waals surface area contributed by atoms with Crippen molar-refractivity contribution in [2.75, 3.05) is 14.1 Å². The highest BCUT2D eigenvalue weighted by Gasteiger charge is 2.34. The van der Waals surface area contributed by atoms with Gasteiger partial charge in [0, 0.05) is 31.9 Å². The predicted molar refractivity (Wildman–Crippen MR) is 126 cm³/mol. The van der Waals surface area contributed by atoms with Gasteiger partial charge in [0.15, 0.2) is 0 Å². The number of hydrazine groups is 1. The van der Waals surface area contributed by atoms with Crippen molar-refractivity contribution < 1.29 is 4.68 Å². The number of hydrazone groups is 1. The maximum absolute atomic E-state index is 13.9. The molecule has 4 rings (SSSR count). The number of hydrogen-bond donors (Lipinski definition) is 0. The minimum atomic E-state index is -0.0544. The lowest BCUT2D eigenvalue weighted by atomic mass is 10.00. The fourth-order valence-corrected chi connectivity index (χ4v) is 3.86. The first kappa shape index (κ1) is 20.6. The average Bonchev–Trinajstić information content (AvgIpc) is 3.04. The third kappa shape index (κ3) is 3.65. The maximum Gasteiger partial charge on any atom is 0.343 e. The highest BCUT2D eigenvalue weighted by molar-refractivity contribution is 5.98. The molecule has 0 aliphatic heterocycles. The molecule has 0 N–H and O–H groups in total. The predicted octanol–water partition coefficient (Wildman–Crippen LogP) is 4.33. The van der Waals surface area contributed by atoms with Crippen LogP contribution in [0.5, 0.6) is 0 Å². The summed E-state index contributed by atoms with van der Waals surface area (Å²) < 4.78 is 5.43. The van der Waals surface area contributed by atoms with Gasteiger partial charge < -0.3 is 0 Å². The smallest absolute Gasteiger partial charge is 0.265 e. The Morgan fingerprint density at radius 2 is 1.74 bits per heavy atom. The Labute approximate surface area is 182 Å². The fourth-order valence-electron chi connectivity index (χ4n) is 3.86. The van der Waals surface area contributed by atoms with Crippen LogP contribution in [0.15, 0.2) is 71.7 Å². The van der Waals surface area contributed by atoms with Gasteiger partial charge in [-0.25, -0.2) is 9.99 Å². The first-order chi connectivity index (χ1) is 14.9. The van der Waals surface area contributed by atoms with Gasteiger partial charge in [-0.3, -0.25) is 4.79 Å². The molecule has 0 amide bonds. The second kappa shape index (κ2) is 8.22. The first-order valence-electron chi connectivity index (χ1n) is 10.4. The number of benzene rings is 2. The summed E-state index contributed by atoms with van der Waals surface area (Å²) in [5.74, 6) is 1.64. The molecule has 6 heteroatoms. The minimum absolute atomic E-state index is 0.0544. The van der Waals surface area contributed by atoms with E-state index in [9.17, 15) is 4.79 Å². The highest BCUT2D eigenvalue weighted by atomic mass is 16.1. The zero-order chi connectivity index (χ0) is 22.1. The summed E-state index contributed by atoms with van der Waals surface area (Å²) in [6.07, 6.45) is 1.74. The van der Waals surface area contributed by atoms with Gasteiger partial charge in [-0.1, -0.05) is 67.1 Å². The average molecular weight is 415 g/mol. The molecule has 2 aromatic carbocycles. The largest absolute Gasteiger partial charge is 0.343 e. The van der Waals surface area contributed by atoms with Crippen LogP contribution in [0.4, 0.5) is 5.82 Å². The standard InChI is InChI=1S/C25H28N5O/c1-18(2)17-29-25(31)23(21-14-10-12-19-11-6-7-13-20(19)21)24(28(5)27(3)4)30(29)22-15-8-9-16-26-22/h6-16,18H,5,17H2,1-4H3/q+1. The monoisotopic (exact) mass is 414 g/mol. The van der Waals surface area contributed by atoms with Crippen molar-refractivity contribution >= 4 is 23.3 Å². The number of aromatic nitrogens is 3. The number of fused-ring (bicyclic) bond motifs is 1. The molecule has 0 spiro atoms. The highest BCUT2D eigenvalue weighted by Crippen LogP contribution is 2.34. The zero-order valence-corrected chi connectivity index (χ0v) is 18.5. The maximum atomic E-state index is 13.9. The lowest BCUT2D eigenvalue weighted by Gasteiger charge is -2.15. The van der Waals surface area contributed by atoms with Crippen LogP contribution >= 0.6 is 0 Å². The molecular weight excluding hydrogens is 386 g/mol. The van der Waals surface area contributed by atoms with E-state index in [4.69, 9.17) is 0 Å². The molecule has 4 aromatic rings. The Morgan fingerprint density at radius 1 is 1.03 bits per heavy atom. The molecule has 31 heavy (non-hydrogen) atoms.